The highest BCUT2D eigenvalue weighted by Gasteiger charge is 2.25. The molecule has 2 aromatic rings. The van der Waals surface area contributed by atoms with Crippen molar-refractivity contribution >= 4 is 21.5 Å². The van der Waals surface area contributed by atoms with Gasteiger partial charge in [0.2, 0.25) is 10.0 Å². The van der Waals surface area contributed by atoms with E-state index in [-0.39, 0.29) is 28.3 Å². The molecule has 0 unspecified atom stereocenters. The Morgan fingerprint density at radius 1 is 1.13 bits per heavy atom. The van der Waals surface area contributed by atoms with Crippen molar-refractivity contribution < 1.29 is 22.9 Å². The third-order valence-electron chi connectivity index (χ3n) is 4.79. The second-order valence-electron chi connectivity index (χ2n) is 6.84. The molecule has 0 aliphatic carbocycles. The van der Waals surface area contributed by atoms with Crippen LogP contribution in [0.25, 0.3) is 0 Å². The van der Waals surface area contributed by atoms with Crippen LogP contribution in [0.4, 0.5) is 5.69 Å². The van der Waals surface area contributed by atoms with E-state index in [2.05, 4.69) is 9.62 Å². The molecule has 0 spiro atoms. The molecule has 0 atom stereocenters. The Morgan fingerprint density at radius 2 is 1.83 bits per heavy atom. The number of carbonyl (C=O) groups excluding carboxylic acids is 1. The average Bonchev–Trinajstić information content (AvgIpc) is 2.77. The van der Waals surface area contributed by atoms with Gasteiger partial charge in [0, 0.05) is 42.9 Å². The lowest BCUT2D eigenvalue weighted by Crippen LogP contribution is -2.38. The second kappa shape index (κ2) is 9.90. The molecule has 30 heavy (non-hydrogen) atoms. The highest BCUT2D eigenvalue weighted by Crippen LogP contribution is 2.24. The first-order valence-electron chi connectivity index (χ1n) is 9.56. The molecule has 0 radical (unpaired) electrons. The van der Waals surface area contributed by atoms with Crippen molar-refractivity contribution in [1.82, 2.24) is 9.62 Å². The van der Waals surface area contributed by atoms with Crippen LogP contribution in [0.1, 0.15) is 22.3 Å². The van der Waals surface area contributed by atoms with Crippen molar-refractivity contribution in [3.05, 3.63) is 69.8 Å². The lowest BCUT2D eigenvalue weighted by molar-refractivity contribution is -0.384. The summed E-state index contributed by atoms with van der Waals surface area (Å²) in [6, 6.07) is 11.3. The average molecular weight is 433 g/mol. The van der Waals surface area contributed by atoms with E-state index in [4.69, 9.17) is 4.74 Å². The number of carbonyl (C=O) groups is 1. The number of sulfonamides is 1. The molecule has 0 bridgehead atoms. The summed E-state index contributed by atoms with van der Waals surface area (Å²) in [5.74, 6) is -0.590. The maximum atomic E-state index is 12.9. The van der Waals surface area contributed by atoms with Gasteiger partial charge in [-0.15, -0.1) is 0 Å². The molecule has 160 valence electrons. The summed E-state index contributed by atoms with van der Waals surface area (Å²) in [6.45, 7) is 3.87. The van der Waals surface area contributed by atoms with Crippen LogP contribution in [0.3, 0.4) is 0 Å². The smallest absolute Gasteiger partial charge is 0.270 e. The van der Waals surface area contributed by atoms with E-state index in [1.807, 2.05) is 0 Å². The third-order valence-corrected chi connectivity index (χ3v) is 6.31. The molecule has 2 aromatic carbocycles. The van der Waals surface area contributed by atoms with Crippen molar-refractivity contribution in [3.63, 3.8) is 0 Å². The lowest BCUT2D eigenvalue weighted by atomic mass is 10.0. The summed E-state index contributed by atoms with van der Waals surface area (Å²) in [7, 11) is -4.03. The number of nitro groups is 1. The highest BCUT2D eigenvalue weighted by atomic mass is 32.2. The summed E-state index contributed by atoms with van der Waals surface area (Å²) < 4.78 is 33.5. The van der Waals surface area contributed by atoms with Gasteiger partial charge < -0.3 is 4.74 Å². The molecule has 1 N–H and O–H groups in total. The first-order chi connectivity index (χ1) is 14.4. The Labute approximate surface area is 174 Å². The van der Waals surface area contributed by atoms with Crippen LogP contribution >= 0.6 is 0 Å². The lowest BCUT2D eigenvalue weighted by Gasteiger charge is -2.26. The van der Waals surface area contributed by atoms with E-state index < -0.39 is 20.7 Å². The molecular formula is C20H23N3O6S. The van der Waals surface area contributed by atoms with E-state index in [9.17, 15) is 23.3 Å². The molecule has 0 aromatic heterocycles. The molecule has 1 fully saturated rings. The Hall–Kier alpha value is -2.66. The normalized spacial score (nSPS) is 15.1. The largest absolute Gasteiger partial charge is 0.379 e. The summed E-state index contributed by atoms with van der Waals surface area (Å²) in [4.78, 5) is 25.3. The van der Waals surface area contributed by atoms with E-state index in [1.165, 1.54) is 12.1 Å². The third kappa shape index (κ3) is 5.48. The van der Waals surface area contributed by atoms with Gasteiger partial charge in [0.1, 0.15) is 0 Å². The number of nitrogens with one attached hydrogen (secondary N) is 1. The summed E-state index contributed by atoms with van der Waals surface area (Å²) in [5, 5.41) is 11.2. The fraction of sp³-hybridized carbons (Fsp3) is 0.350. The summed E-state index contributed by atoms with van der Waals surface area (Å²) in [6.07, 6.45) is 0.591. The first kappa shape index (κ1) is 22.0. The summed E-state index contributed by atoms with van der Waals surface area (Å²) >= 11 is 0. The minimum absolute atomic E-state index is 0.190. The van der Waals surface area contributed by atoms with Crippen molar-refractivity contribution in [3.8, 4) is 0 Å². The van der Waals surface area contributed by atoms with Gasteiger partial charge in [0.05, 0.1) is 23.0 Å². The molecule has 1 aliphatic heterocycles. The van der Waals surface area contributed by atoms with Crippen LogP contribution in [0.2, 0.25) is 0 Å². The predicted molar refractivity (Wildman–Crippen MR) is 110 cm³/mol. The summed E-state index contributed by atoms with van der Waals surface area (Å²) in [5.41, 5.74) is -0.321. The number of hydrogen-bond donors (Lipinski definition) is 1. The van der Waals surface area contributed by atoms with E-state index >= 15 is 0 Å². The maximum absolute atomic E-state index is 12.9. The predicted octanol–water partition coefficient (Wildman–Crippen LogP) is 1.83. The van der Waals surface area contributed by atoms with Gasteiger partial charge in [-0.1, -0.05) is 30.3 Å². The van der Waals surface area contributed by atoms with Crippen LogP contribution in [0, 0.1) is 10.1 Å². The van der Waals surface area contributed by atoms with Crippen LogP contribution in [-0.2, 0) is 14.8 Å². The number of ketones is 1. The standard InChI is InChI=1S/C20H23N3O6S/c24-20(16-5-2-1-3-6-16)18-15-17(23(25)26)7-8-19(18)30(27,28)21-9-4-10-22-11-13-29-14-12-22/h1-3,5-8,15,21H,4,9-14H2. The number of nitro benzene ring substituents is 1. The van der Waals surface area contributed by atoms with Crippen molar-refractivity contribution in [1.29, 1.82) is 0 Å². The molecule has 1 aliphatic rings. The Bertz CT molecular complexity index is 1000. The fourth-order valence-electron chi connectivity index (χ4n) is 3.20. The van der Waals surface area contributed by atoms with Gasteiger partial charge in [0.15, 0.2) is 5.78 Å². The van der Waals surface area contributed by atoms with Crippen LogP contribution in [0.15, 0.2) is 53.4 Å². The quantitative estimate of drug-likeness (QED) is 0.277. The van der Waals surface area contributed by atoms with Gasteiger partial charge in [-0.25, -0.2) is 13.1 Å². The molecule has 3 rings (SSSR count). The first-order valence-corrected chi connectivity index (χ1v) is 11.0. The molecule has 0 amide bonds. The Balaban J connectivity index is 1.78. The minimum atomic E-state index is -4.03. The number of hydrogen-bond acceptors (Lipinski definition) is 7. The van der Waals surface area contributed by atoms with Gasteiger partial charge >= 0.3 is 0 Å². The van der Waals surface area contributed by atoms with Crippen LogP contribution < -0.4 is 4.72 Å². The van der Waals surface area contributed by atoms with Crippen LogP contribution in [-0.4, -0.2) is 63.4 Å². The highest BCUT2D eigenvalue weighted by molar-refractivity contribution is 7.89. The van der Waals surface area contributed by atoms with Gasteiger partial charge in [-0.05, 0) is 19.0 Å². The van der Waals surface area contributed by atoms with Gasteiger partial charge in [0.25, 0.3) is 5.69 Å². The number of nitrogens with zero attached hydrogens (tertiary/aromatic N) is 2. The second-order valence-corrected chi connectivity index (χ2v) is 8.57. The topological polar surface area (TPSA) is 119 Å². The number of non-ortho nitro benzene ring substituents is 1. The maximum Gasteiger partial charge on any atom is 0.270 e. The van der Waals surface area contributed by atoms with Crippen molar-refractivity contribution in [2.45, 2.75) is 11.3 Å². The zero-order chi connectivity index (χ0) is 21.6. The van der Waals surface area contributed by atoms with E-state index in [1.54, 1.807) is 18.2 Å². The number of benzene rings is 2. The number of rotatable bonds is 9. The molecule has 0 saturated carbocycles. The zero-order valence-electron chi connectivity index (χ0n) is 16.3. The van der Waals surface area contributed by atoms with Crippen molar-refractivity contribution in [2.24, 2.45) is 0 Å². The SMILES string of the molecule is O=C(c1ccccc1)c1cc([N+](=O)[O-])ccc1S(=O)(=O)NCCCN1CCOCC1. The van der Waals surface area contributed by atoms with E-state index in [0.29, 0.717) is 19.6 Å². The molecule has 9 nitrogen and oxygen atoms in total. The van der Waals surface area contributed by atoms with Crippen LogP contribution in [0.5, 0.6) is 0 Å². The van der Waals surface area contributed by atoms with Gasteiger partial charge in [-0.3, -0.25) is 19.8 Å². The number of morpholine rings is 1. The van der Waals surface area contributed by atoms with Gasteiger partial charge in [-0.2, -0.15) is 0 Å². The van der Waals surface area contributed by atoms with E-state index in [0.717, 1.165) is 37.8 Å². The molecule has 1 saturated heterocycles. The fourth-order valence-corrected chi connectivity index (χ4v) is 4.46. The monoisotopic (exact) mass is 433 g/mol. The number of ether oxygens (including phenoxy) is 1. The zero-order valence-corrected chi connectivity index (χ0v) is 17.1. The molecule has 10 heteroatoms. The minimum Gasteiger partial charge on any atom is -0.379 e. The van der Waals surface area contributed by atoms with Crippen molar-refractivity contribution in [2.75, 3.05) is 39.4 Å². The molecular weight excluding hydrogens is 410 g/mol. The Morgan fingerprint density at radius 3 is 2.50 bits per heavy atom. The Kier molecular flexibility index (Phi) is 7.27. The molecule has 1 heterocycles.